The van der Waals surface area contributed by atoms with Gasteiger partial charge in [0.05, 0.1) is 12.6 Å². The van der Waals surface area contributed by atoms with Crippen LogP contribution in [0.3, 0.4) is 0 Å². The van der Waals surface area contributed by atoms with Crippen LogP contribution >= 0.6 is 0 Å². The second-order valence-electron chi connectivity index (χ2n) is 6.26. The summed E-state index contributed by atoms with van der Waals surface area (Å²) in [6, 6.07) is 2.14. The number of hydrogen-bond donors (Lipinski definition) is 1. The fraction of sp³-hybridized carbons (Fsp3) is 0.562. The van der Waals surface area contributed by atoms with Crippen LogP contribution in [-0.2, 0) is 19.4 Å². The van der Waals surface area contributed by atoms with Crippen LogP contribution in [0.15, 0.2) is 18.5 Å². The summed E-state index contributed by atoms with van der Waals surface area (Å²) in [5.74, 6) is 0.0938. The van der Waals surface area contributed by atoms with E-state index in [0.29, 0.717) is 5.69 Å². The Morgan fingerprint density at radius 1 is 1.32 bits per heavy atom. The average molecular weight is 299 g/mol. The number of rotatable bonds is 3. The fourth-order valence-electron chi connectivity index (χ4n) is 3.71. The Kier molecular flexibility index (Phi) is 3.44. The maximum Gasteiger partial charge on any atom is 0.274 e. The minimum Gasteiger partial charge on any atom is -0.332 e. The normalized spacial score (nSPS) is 21.1. The van der Waals surface area contributed by atoms with Gasteiger partial charge in [-0.3, -0.25) is 14.6 Å². The van der Waals surface area contributed by atoms with E-state index >= 15 is 0 Å². The number of amides is 1. The molecule has 0 unspecified atom stereocenters. The number of nitrogens with one attached hydrogen (secondary N) is 1. The molecule has 1 aliphatic heterocycles. The molecular formula is C16H21N5O. The van der Waals surface area contributed by atoms with E-state index in [1.165, 1.54) is 6.42 Å². The highest BCUT2D eigenvalue weighted by molar-refractivity contribution is 5.94. The van der Waals surface area contributed by atoms with E-state index in [1.54, 1.807) is 6.20 Å². The van der Waals surface area contributed by atoms with Crippen molar-refractivity contribution in [3.05, 3.63) is 35.4 Å². The molecule has 6 nitrogen and oxygen atoms in total. The molecule has 0 spiro atoms. The molecule has 22 heavy (non-hydrogen) atoms. The van der Waals surface area contributed by atoms with E-state index in [-0.39, 0.29) is 11.9 Å². The zero-order valence-electron chi connectivity index (χ0n) is 12.7. The Morgan fingerprint density at radius 3 is 3.14 bits per heavy atom. The highest BCUT2D eigenvalue weighted by Gasteiger charge is 2.32. The van der Waals surface area contributed by atoms with Gasteiger partial charge < -0.3 is 4.90 Å². The highest BCUT2D eigenvalue weighted by atomic mass is 16.2. The smallest absolute Gasteiger partial charge is 0.274 e. The number of piperidine rings is 1. The lowest BCUT2D eigenvalue weighted by atomic mass is 10.0. The molecule has 2 aromatic rings. The molecule has 3 heterocycles. The second-order valence-corrected chi connectivity index (χ2v) is 6.26. The molecule has 6 heteroatoms. The van der Waals surface area contributed by atoms with Crippen LogP contribution in [0.2, 0.25) is 0 Å². The molecule has 2 aromatic heterocycles. The van der Waals surface area contributed by atoms with E-state index in [9.17, 15) is 4.79 Å². The van der Waals surface area contributed by atoms with Gasteiger partial charge in [0.2, 0.25) is 0 Å². The Balaban J connectivity index is 1.56. The van der Waals surface area contributed by atoms with Gasteiger partial charge in [-0.1, -0.05) is 0 Å². The van der Waals surface area contributed by atoms with Crippen LogP contribution in [0.5, 0.6) is 0 Å². The van der Waals surface area contributed by atoms with Gasteiger partial charge in [0.1, 0.15) is 0 Å². The Hall–Kier alpha value is -2.11. The first-order valence-corrected chi connectivity index (χ1v) is 8.17. The summed E-state index contributed by atoms with van der Waals surface area (Å²) < 4.78 is 1.92. The standard InChI is InChI=1S/C16H21N5O/c22-16(15-13-6-3-7-14(13)18-19-15)21-10-2-1-5-12(21)11-20-9-4-8-17-20/h4,8-9,12H,1-3,5-7,10-11H2,(H,18,19)/t12-/m1/s1. The first kappa shape index (κ1) is 13.5. The minimum absolute atomic E-state index is 0.0938. The van der Waals surface area contributed by atoms with Gasteiger partial charge in [-0.2, -0.15) is 10.2 Å². The monoisotopic (exact) mass is 299 g/mol. The summed E-state index contributed by atoms with van der Waals surface area (Å²) in [5, 5.41) is 11.6. The molecule has 1 atom stereocenters. The van der Waals surface area contributed by atoms with Crippen LogP contribution in [0.25, 0.3) is 0 Å². The van der Waals surface area contributed by atoms with Gasteiger partial charge in [-0.05, 0) is 44.6 Å². The highest BCUT2D eigenvalue weighted by Crippen LogP contribution is 2.26. The first-order chi connectivity index (χ1) is 10.8. The number of aryl methyl sites for hydroxylation is 1. The van der Waals surface area contributed by atoms with Crippen molar-refractivity contribution in [3.63, 3.8) is 0 Å². The molecule has 0 radical (unpaired) electrons. The van der Waals surface area contributed by atoms with Gasteiger partial charge >= 0.3 is 0 Å². The molecule has 4 rings (SSSR count). The van der Waals surface area contributed by atoms with Crippen molar-refractivity contribution in [3.8, 4) is 0 Å². The van der Waals surface area contributed by atoms with Crippen LogP contribution < -0.4 is 0 Å². The minimum atomic E-state index is 0.0938. The summed E-state index contributed by atoms with van der Waals surface area (Å²) in [6.07, 6.45) is 10.2. The third kappa shape index (κ3) is 2.32. The number of carbonyl (C=O) groups excluding carboxylic acids is 1. The van der Waals surface area contributed by atoms with Gasteiger partial charge in [0, 0.05) is 30.2 Å². The van der Waals surface area contributed by atoms with Crippen molar-refractivity contribution < 1.29 is 4.79 Å². The molecule has 1 N–H and O–H groups in total. The lowest BCUT2D eigenvalue weighted by Gasteiger charge is -2.35. The number of likely N-dealkylation sites (tertiary alicyclic amines) is 1. The third-order valence-electron chi connectivity index (χ3n) is 4.85. The summed E-state index contributed by atoms with van der Waals surface area (Å²) in [7, 11) is 0. The van der Waals surface area contributed by atoms with E-state index in [0.717, 1.165) is 56.5 Å². The molecule has 0 aromatic carbocycles. The van der Waals surface area contributed by atoms with Crippen molar-refractivity contribution >= 4 is 5.91 Å². The number of H-pyrrole nitrogens is 1. The number of aromatic nitrogens is 4. The maximum atomic E-state index is 13.0. The number of aromatic amines is 1. The number of hydrogen-bond acceptors (Lipinski definition) is 3. The SMILES string of the molecule is O=C(c1n[nH]c2c1CCC2)N1CCCC[C@@H]1Cn1cccn1. The van der Waals surface area contributed by atoms with Gasteiger partial charge in [0.15, 0.2) is 5.69 Å². The fourth-order valence-corrected chi connectivity index (χ4v) is 3.71. The average Bonchev–Trinajstić information content (AvgIpc) is 3.24. The molecule has 1 fully saturated rings. The predicted octanol–water partition coefficient (Wildman–Crippen LogP) is 1.79. The van der Waals surface area contributed by atoms with Crippen molar-refractivity contribution in [2.24, 2.45) is 0 Å². The molecule has 116 valence electrons. The van der Waals surface area contributed by atoms with Crippen LogP contribution in [0, 0.1) is 0 Å². The molecule has 1 saturated heterocycles. The van der Waals surface area contributed by atoms with E-state index in [1.807, 2.05) is 21.8 Å². The number of carbonyl (C=O) groups is 1. The van der Waals surface area contributed by atoms with E-state index < -0.39 is 0 Å². The summed E-state index contributed by atoms with van der Waals surface area (Å²) in [5.41, 5.74) is 2.96. The molecule has 1 amide bonds. The molecule has 0 bridgehead atoms. The van der Waals surface area contributed by atoms with Crippen molar-refractivity contribution in [2.75, 3.05) is 6.54 Å². The van der Waals surface area contributed by atoms with Gasteiger partial charge in [0.25, 0.3) is 5.91 Å². The molecular weight excluding hydrogens is 278 g/mol. The predicted molar refractivity (Wildman–Crippen MR) is 81.5 cm³/mol. The van der Waals surface area contributed by atoms with Crippen LogP contribution in [0.1, 0.15) is 47.4 Å². The quantitative estimate of drug-likeness (QED) is 0.939. The lowest BCUT2D eigenvalue weighted by molar-refractivity contribution is 0.0576. The van der Waals surface area contributed by atoms with Crippen molar-refractivity contribution in [2.45, 2.75) is 51.1 Å². The third-order valence-corrected chi connectivity index (χ3v) is 4.85. The number of fused-ring (bicyclic) bond motifs is 1. The number of nitrogens with zero attached hydrogens (tertiary/aromatic N) is 4. The van der Waals surface area contributed by atoms with Crippen LogP contribution in [0.4, 0.5) is 0 Å². The topological polar surface area (TPSA) is 66.8 Å². The Bertz CT molecular complexity index is 660. The van der Waals surface area contributed by atoms with Crippen LogP contribution in [-0.4, -0.2) is 43.4 Å². The Morgan fingerprint density at radius 2 is 2.27 bits per heavy atom. The van der Waals surface area contributed by atoms with Crippen molar-refractivity contribution in [1.82, 2.24) is 24.9 Å². The zero-order chi connectivity index (χ0) is 14.9. The molecule has 2 aliphatic rings. The molecule has 1 aliphatic carbocycles. The zero-order valence-corrected chi connectivity index (χ0v) is 12.7. The van der Waals surface area contributed by atoms with E-state index in [4.69, 9.17) is 0 Å². The lowest BCUT2D eigenvalue weighted by Crippen LogP contribution is -2.46. The van der Waals surface area contributed by atoms with Gasteiger partial charge in [-0.15, -0.1) is 0 Å². The second kappa shape index (κ2) is 5.59. The maximum absolute atomic E-state index is 13.0. The first-order valence-electron chi connectivity index (χ1n) is 8.17. The largest absolute Gasteiger partial charge is 0.332 e. The van der Waals surface area contributed by atoms with Crippen molar-refractivity contribution in [1.29, 1.82) is 0 Å². The van der Waals surface area contributed by atoms with E-state index in [2.05, 4.69) is 15.3 Å². The Labute approximate surface area is 129 Å². The summed E-state index contributed by atoms with van der Waals surface area (Å²) in [6.45, 7) is 1.59. The summed E-state index contributed by atoms with van der Waals surface area (Å²) >= 11 is 0. The van der Waals surface area contributed by atoms with Gasteiger partial charge in [-0.25, -0.2) is 0 Å². The molecule has 0 saturated carbocycles. The summed E-state index contributed by atoms with van der Waals surface area (Å²) in [4.78, 5) is 15.0.